The summed E-state index contributed by atoms with van der Waals surface area (Å²) in [4.78, 5) is 4.32. The topological polar surface area (TPSA) is 48.1 Å². The van der Waals surface area contributed by atoms with Gasteiger partial charge in [-0.1, -0.05) is 45.0 Å². The average Bonchev–Trinajstić information content (AvgIpc) is 2.42. The number of ether oxygens (including phenoxy) is 1. The Morgan fingerprint density at radius 3 is 2.55 bits per heavy atom. The van der Waals surface area contributed by atoms with Crippen molar-refractivity contribution in [3.63, 3.8) is 0 Å². The van der Waals surface area contributed by atoms with Crippen LogP contribution in [0.2, 0.25) is 0 Å². The molecule has 0 aliphatic carbocycles. The number of benzene rings is 1. The zero-order chi connectivity index (χ0) is 14.8. The molecule has 1 heterocycles. The van der Waals surface area contributed by atoms with Gasteiger partial charge in [-0.25, -0.2) is 0 Å². The van der Waals surface area contributed by atoms with Gasteiger partial charge >= 0.3 is 0 Å². The Morgan fingerprint density at radius 1 is 1.20 bits per heavy atom. The molecule has 0 spiro atoms. The molecule has 2 unspecified atom stereocenters. The number of hydrogen-bond acceptors (Lipinski definition) is 3. The molecule has 20 heavy (non-hydrogen) atoms. The van der Waals surface area contributed by atoms with Gasteiger partial charge in [0.25, 0.3) is 0 Å². The second kappa shape index (κ2) is 5.90. The second-order valence-corrected chi connectivity index (χ2v) is 6.22. The summed E-state index contributed by atoms with van der Waals surface area (Å²) in [6, 6.07) is 8.02. The number of fused-ring (bicyclic) bond motifs is 1. The third-order valence-corrected chi connectivity index (χ3v) is 3.58. The molecular formula is C17H24N2O. The van der Waals surface area contributed by atoms with Crippen molar-refractivity contribution >= 4 is 10.8 Å². The maximum atomic E-state index is 6.51. The van der Waals surface area contributed by atoms with E-state index in [2.05, 4.69) is 37.9 Å². The molecule has 0 saturated carbocycles. The van der Waals surface area contributed by atoms with Gasteiger partial charge in [0.05, 0.1) is 12.1 Å². The van der Waals surface area contributed by atoms with E-state index in [0.29, 0.717) is 6.61 Å². The predicted octanol–water partition coefficient (Wildman–Crippen LogP) is 3.69. The van der Waals surface area contributed by atoms with Crippen LogP contribution < -0.4 is 5.73 Å². The molecule has 0 bridgehead atoms. The minimum atomic E-state index is -0.187. The molecule has 0 aliphatic heterocycles. The van der Waals surface area contributed by atoms with Gasteiger partial charge in [0.2, 0.25) is 0 Å². The molecule has 0 radical (unpaired) electrons. The lowest BCUT2D eigenvalue weighted by Gasteiger charge is -2.35. The first-order chi connectivity index (χ1) is 9.45. The Morgan fingerprint density at radius 2 is 1.90 bits per heavy atom. The zero-order valence-corrected chi connectivity index (χ0v) is 12.8. The van der Waals surface area contributed by atoms with Gasteiger partial charge in [-0.2, -0.15) is 0 Å². The molecule has 3 nitrogen and oxygen atoms in total. The van der Waals surface area contributed by atoms with Crippen LogP contribution in [-0.2, 0) is 4.74 Å². The molecule has 2 rings (SSSR count). The summed E-state index contributed by atoms with van der Waals surface area (Å²) in [5.74, 6) is 0. The van der Waals surface area contributed by atoms with Gasteiger partial charge in [0, 0.05) is 24.4 Å². The summed E-state index contributed by atoms with van der Waals surface area (Å²) in [6.45, 7) is 9.14. The van der Waals surface area contributed by atoms with Crippen LogP contribution in [0, 0.1) is 5.41 Å². The highest BCUT2D eigenvalue weighted by Crippen LogP contribution is 2.33. The van der Waals surface area contributed by atoms with Gasteiger partial charge in [0.15, 0.2) is 0 Å². The van der Waals surface area contributed by atoms with Crippen LogP contribution in [0.3, 0.4) is 0 Å². The van der Waals surface area contributed by atoms with Crippen molar-refractivity contribution in [2.75, 3.05) is 6.61 Å². The van der Waals surface area contributed by atoms with E-state index >= 15 is 0 Å². The molecule has 0 fully saturated rings. The largest absolute Gasteiger partial charge is 0.376 e. The fourth-order valence-corrected chi connectivity index (χ4v) is 2.64. The SMILES string of the molecule is CCOC(C(N)c1cncc2ccccc12)C(C)(C)C. The summed E-state index contributed by atoms with van der Waals surface area (Å²) in [5.41, 5.74) is 7.54. The van der Waals surface area contributed by atoms with Crippen LogP contribution in [0.25, 0.3) is 10.8 Å². The first-order valence-electron chi connectivity index (χ1n) is 7.15. The maximum Gasteiger partial charge on any atom is 0.0816 e. The third-order valence-electron chi connectivity index (χ3n) is 3.58. The lowest BCUT2D eigenvalue weighted by atomic mass is 9.82. The van der Waals surface area contributed by atoms with Crippen molar-refractivity contribution in [3.05, 3.63) is 42.2 Å². The minimum absolute atomic E-state index is 0.0215. The molecule has 108 valence electrons. The van der Waals surface area contributed by atoms with E-state index in [-0.39, 0.29) is 17.6 Å². The first kappa shape index (κ1) is 14.9. The van der Waals surface area contributed by atoms with E-state index < -0.39 is 0 Å². The normalized spacial score (nSPS) is 15.2. The fourth-order valence-electron chi connectivity index (χ4n) is 2.64. The average molecular weight is 272 g/mol. The Hall–Kier alpha value is -1.45. The molecule has 2 atom stereocenters. The van der Waals surface area contributed by atoms with Crippen molar-refractivity contribution in [3.8, 4) is 0 Å². The number of pyridine rings is 1. The number of aromatic nitrogens is 1. The minimum Gasteiger partial charge on any atom is -0.376 e. The van der Waals surface area contributed by atoms with Crippen molar-refractivity contribution in [1.29, 1.82) is 0 Å². The van der Waals surface area contributed by atoms with Crippen LogP contribution in [-0.4, -0.2) is 17.7 Å². The lowest BCUT2D eigenvalue weighted by Crippen LogP contribution is -2.39. The van der Waals surface area contributed by atoms with Crippen LogP contribution in [0.1, 0.15) is 39.3 Å². The number of nitrogens with two attached hydrogens (primary N) is 1. The standard InChI is InChI=1S/C17H24N2O/c1-5-20-16(17(2,3)4)15(18)14-11-19-10-12-8-6-7-9-13(12)14/h6-11,15-16H,5,18H2,1-4H3. The van der Waals surface area contributed by atoms with Crippen molar-refractivity contribution in [2.45, 2.75) is 39.8 Å². The molecular weight excluding hydrogens is 248 g/mol. The Labute approximate surface area is 121 Å². The summed E-state index contributed by atoms with van der Waals surface area (Å²) in [5, 5.41) is 2.27. The van der Waals surface area contributed by atoms with Crippen LogP contribution in [0.4, 0.5) is 0 Å². The predicted molar refractivity (Wildman–Crippen MR) is 83.5 cm³/mol. The molecule has 0 saturated heterocycles. The van der Waals surface area contributed by atoms with Crippen molar-refractivity contribution in [2.24, 2.45) is 11.1 Å². The van der Waals surface area contributed by atoms with E-state index in [9.17, 15) is 0 Å². The summed E-state index contributed by atoms with van der Waals surface area (Å²) < 4.78 is 5.92. The highest BCUT2D eigenvalue weighted by molar-refractivity contribution is 5.85. The van der Waals surface area contributed by atoms with Crippen molar-refractivity contribution in [1.82, 2.24) is 4.98 Å². The Balaban J connectivity index is 2.46. The quantitative estimate of drug-likeness (QED) is 0.923. The van der Waals surface area contributed by atoms with E-state index in [1.807, 2.05) is 31.5 Å². The molecule has 1 aromatic carbocycles. The van der Waals surface area contributed by atoms with Gasteiger partial charge in [-0.05, 0) is 23.3 Å². The first-order valence-corrected chi connectivity index (χ1v) is 7.15. The van der Waals surface area contributed by atoms with Gasteiger partial charge < -0.3 is 10.5 Å². The number of nitrogens with zero attached hydrogens (tertiary/aromatic N) is 1. The molecule has 2 aromatic rings. The summed E-state index contributed by atoms with van der Waals surface area (Å²) in [6.07, 6.45) is 3.70. The third kappa shape index (κ3) is 3.00. The highest BCUT2D eigenvalue weighted by atomic mass is 16.5. The highest BCUT2D eigenvalue weighted by Gasteiger charge is 2.32. The Bertz CT molecular complexity index is 569. The van der Waals surface area contributed by atoms with E-state index in [4.69, 9.17) is 10.5 Å². The Kier molecular flexibility index (Phi) is 4.41. The number of rotatable bonds is 4. The van der Waals surface area contributed by atoms with Gasteiger partial charge in [-0.3, -0.25) is 4.98 Å². The molecule has 1 aromatic heterocycles. The van der Waals surface area contributed by atoms with Crippen LogP contribution in [0.15, 0.2) is 36.7 Å². The van der Waals surface area contributed by atoms with Crippen LogP contribution in [0.5, 0.6) is 0 Å². The van der Waals surface area contributed by atoms with Gasteiger partial charge in [-0.15, -0.1) is 0 Å². The zero-order valence-electron chi connectivity index (χ0n) is 12.8. The number of hydrogen-bond donors (Lipinski definition) is 1. The van der Waals surface area contributed by atoms with Crippen LogP contribution >= 0.6 is 0 Å². The summed E-state index contributed by atoms with van der Waals surface area (Å²) in [7, 11) is 0. The van der Waals surface area contributed by atoms with E-state index in [1.165, 1.54) is 0 Å². The monoisotopic (exact) mass is 272 g/mol. The van der Waals surface area contributed by atoms with Crippen molar-refractivity contribution < 1.29 is 4.74 Å². The summed E-state index contributed by atoms with van der Waals surface area (Å²) >= 11 is 0. The molecule has 0 amide bonds. The second-order valence-electron chi connectivity index (χ2n) is 6.22. The smallest absolute Gasteiger partial charge is 0.0816 e. The van der Waals surface area contributed by atoms with E-state index in [0.717, 1.165) is 16.3 Å². The van der Waals surface area contributed by atoms with E-state index in [1.54, 1.807) is 0 Å². The molecule has 3 heteroatoms. The molecule has 2 N–H and O–H groups in total. The van der Waals surface area contributed by atoms with Gasteiger partial charge in [0.1, 0.15) is 0 Å². The fraction of sp³-hybridized carbons (Fsp3) is 0.471. The molecule has 0 aliphatic rings. The lowest BCUT2D eigenvalue weighted by molar-refractivity contribution is -0.0280. The maximum absolute atomic E-state index is 6.51.